The lowest BCUT2D eigenvalue weighted by Gasteiger charge is -2.28. The van der Waals surface area contributed by atoms with Crippen molar-refractivity contribution in [1.29, 1.82) is 0 Å². The van der Waals surface area contributed by atoms with E-state index >= 15 is 0 Å². The first kappa shape index (κ1) is 17.3. The highest BCUT2D eigenvalue weighted by molar-refractivity contribution is 7.66. The molecule has 0 fully saturated rings. The number of rotatable bonds is 6. The summed E-state index contributed by atoms with van der Waals surface area (Å²) in [6.07, 6.45) is 0.749. The summed E-state index contributed by atoms with van der Waals surface area (Å²) in [4.78, 5) is 11.8. The van der Waals surface area contributed by atoms with Crippen LogP contribution in [0.5, 0.6) is 0 Å². The third kappa shape index (κ3) is 4.48. The maximum absolute atomic E-state index is 12.3. The molecule has 0 unspecified atom stereocenters. The van der Waals surface area contributed by atoms with Crippen molar-refractivity contribution in [2.24, 2.45) is 0 Å². The van der Waals surface area contributed by atoms with Gasteiger partial charge in [-0.05, 0) is 0 Å². The minimum Gasteiger partial charge on any atom is -0.300 e. The maximum Gasteiger partial charge on any atom is 0.328 e. The van der Waals surface area contributed by atoms with Gasteiger partial charge in [-0.25, -0.2) is 4.79 Å². The van der Waals surface area contributed by atoms with Crippen LogP contribution in [0.15, 0.2) is 0 Å². The smallest absolute Gasteiger partial charge is 0.300 e. The van der Waals surface area contributed by atoms with Crippen molar-refractivity contribution in [1.82, 2.24) is 9.76 Å². The highest BCUT2D eigenvalue weighted by Crippen LogP contribution is 2.49. The fourth-order valence-corrected chi connectivity index (χ4v) is 4.71. The average Bonchev–Trinajstić information content (AvgIpc) is 2.36. The van der Waals surface area contributed by atoms with Crippen molar-refractivity contribution in [3.8, 4) is 0 Å². The van der Waals surface area contributed by atoms with Crippen molar-refractivity contribution in [3.05, 3.63) is 0 Å². The van der Waals surface area contributed by atoms with Gasteiger partial charge in [0.05, 0.1) is 11.2 Å². The molecule has 0 bridgehead atoms. The molecule has 0 saturated heterocycles. The number of halogens is 2. The first-order valence-corrected chi connectivity index (χ1v) is 10.3. The quantitative estimate of drug-likeness (QED) is 0.600. The maximum atomic E-state index is 12.3. The fraction of sp³-hybridized carbons (Fsp3) is 0.875. The second-order valence-electron chi connectivity index (χ2n) is 3.55. The highest BCUT2D eigenvalue weighted by Gasteiger charge is 2.31. The van der Waals surface area contributed by atoms with E-state index in [1.807, 2.05) is 0 Å². The summed E-state index contributed by atoms with van der Waals surface area (Å²) in [5.41, 5.74) is -0.475. The van der Waals surface area contributed by atoms with Crippen LogP contribution < -0.4 is 5.09 Å². The molecule has 0 heterocycles. The Kier molecular flexibility index (Phi) is 7.16. The molecule has 0 aromatic carbocycles. The topological polar surface area (TPSA) is 66.5 Å². The van der Waals surface area contributed by atoms with Gasteiger partial charge in [0, 0.05) is 19.4 Å². The molecule has 0 atom stereocenters. The number of carbonyl (C=O) groups is 1. The third-order valence-electron chi connectivity index (χ3n) is 2.51. The lowest BCUT2D eigenvalue weighted by Crippen LogP contribution is -2.34. The van der Waals surface area contributed by atoms with Gasteiger partial charge in [0.15, 0.2) is 7.29 Å². The normalized spacial score (nSPS) is 12.3. The van der Waals surface area contributed by atoms with Gasteiger partial charge in [-0.1, -0.05) is 13.8 Å². The van der Waals surface area contributed by atoms with Gasteiger partial charge in [0.25, 0.3) is 0 Å². The largest absolute Gasteiger partial charge is 0.328 e. The van der Waals surface area contributed by atoms with E-state index in [1.165, 1.54) is 7.05 Å². The summed E-state index contributed by atoms with van der Waals surface area (Å²) in [5, 5.41) is 2.27. The van der Waals surface area contributed by atoms with Crippen LogP contribution in [-0.4, -0.2) is 41.3 Å². The van der Waals surface area contributed by atoms with Crippen molar-refractivity contribution in [3.63, 3.8) is 0 Å². The molecular weight excluding hydrogens is 305 g/mol. The standard InChI is InChI=1S/C8H18Cl2N2O3P2/c1-4-17(15,5-2)12(3)8(13)11-16(14,6-9)7-10/h4-7H2,1-3H3,(H,11,13,14). The third-order valence-corrected chi connectivity index (χ3v) is 9.45. The lowest BCUT2D eigenvalue weighted by molar-refractivity contribution is 0.233. The molecule has 0 radical (unpaired) electrons. The molecule has 0 aliphatic heterocycles. The molecule has 102 valence electrons. The Morgan fingerprint density at radius 2 is 1.59 bits per heavy atom. The summed E-state index contributed by atoms with van der Waals surface area (Å²) in [6.45, 7) is 3.49. The van der Waals surface area contributed by atoms with Crippen molar-refractivity contribution >= 4 is 43.8 Å². The van der Waals surface area contributed by atoms with Gasteiger partial charge in [-0.15, -0.1) is 23.2 Å². The number of carbonyl (C=O) groups excluding carboxylic acids is 1. The monoisotopic (exact) mass is 322 g/mol. The Morgan fingerprint density at radius 3 is 1.88 bits per heavy atom. The SMILES string of the molecule is CCP(=O)(CC)N(C)C(=O)NP(=O)(CCl)CCl. The van der Waals surface area contributed by atoms with Crippen molar-refractivity contribution in [2.75, 3.05) is 30.6 Å². The van der Waals surface area contributed by atoms with Crippen LogP contribution in [0.3, 0.4) is 0 Å². The zero-order chi connectivity index (χ0) is 13.7. The van der Waals surface area contributed by atoms with Crippen LogP contribution in [0.1, 0.15) is 13.8 Å². The van der Waals surface area contributed by atoms with E-state index in [-0.39, 0.29) is 11.2 Å². The van der Waals surface area contributed by atoms with E-state index in [4.69, 9.17) is 23.2 Å². The lowest BCUT2D eigenvalue weighted by atomic mass is 11.0. The molecule has 0 aliphatic rings. The molecule has 1 N–H and O–H groups in total. The van der Waals surface area contributed by atoms with Gasteiger partial charge in [-0.2, -0.15) is 0 Å². The zero-order valence-corrected chi connectivity index (χ0v) is 13.5. The summed E-state index contributed by atoms with van der Waals surface area (Å²) >= 11 is 11.0. The van der Waals surface area contributed by atoms with Crippen molar-refractivity contribution < 1.29 is 13.9 Å². The minimum absolute atomic E-state index is 0.237. The van der Waals surface area contributed by atoms with Crippen LogP contribution in [0.4, 0.5) is 4.79 Å². The Hall–Kier alpha value is 0.310. The predicted molar refractivity (Wildman–Crippen MR) is 74.0 cm³/mol. The van der Waals surface area contributed by atoms with E-state index in [0.717, 1.165) is 4.67 Å². The minimum atomic E-state index is -3.11. The molecule has 2 amide bonds. The first-order chi connectivity index (χ1) is 7.78. The van der Waals surface area contributed by atoms with Gasteiger partial charge in [-0.3, -0.25) is 14.3 Å². The van der Waals surface area contributed by atoms with E-state index in [2.05, 4.69) is 5.09 Å². The number of nitrogens with zero attached hydrogens (tertiary/aromatic N) is 1. The summed E-state index contributed by atoms with van der Waals surface area (Å²) in [6, 6.07) is -0.651. The molecular formula is C8H18Cl2N2O3P2. The predicted octanol–water partition coefficient (Wildman–Crippen LogP) is 3.62. The van der Waals surface area contributed by atoms with Gasteiger partial charge in [0.1, 0.15) is 0 Å². The highest BCUT2D eigenvalue weighted by atomic mass is 35.5. The Morgan fingerprint density at radius 1 is 1.18 bits per heavy atom. The van der Waals surface area contributed by atoms with Gasteiger partial charge < -0.3 is 4.57 Å². The number of hydrogen-bond acceptors (Lipinski definition) is 3. The van der Waals surface area contributed by atoms with E-state index in [9.17, 15) is 13.9 Å². The number of hydrogen-bond donors (Lipinski definition) is 1. The molecule has 17 heavy (non-hydrogen) atoms. The van der Waals surface area contributed by atoms with E-state index < -0.39 is 20.6 Å². The van der Waals surface area contributed by atoms with Crippen LogP contribution in [-0.2, 0) is 9.13 Å². The first-order valence-electron chi connectivity index (χ1n) is 5.13. The average molecular weight is 323 g/mol. The molecule has 0 rings (SSSR count). The molecule has 0 aromatic heterocycles. The molecule has 0 spiro atoms. The van der Waals surface area contributed by atoms with Gasteiger partial charge >= 0.3 is 6.03 Å². The molecule has 0 saturated carbocycles. The number of amides is 2. The summed E-state index contributed by atoms with van der Waals surface area (Å²) in [7, 11) is -4.41. The fourth-order valence-electron chi connectivity index (χ4n) is 1.15. The van der Waals surface area contributed by atoms with Crippen LogP contribution in [0, 0.1) is 0 Å². The van der Waals surface area contributed by atoms with Crippen LogP contribution in [0.2, 0.25) is 0 Å². The summed E-state index contributed by atoms with van der Waals surface area (Å²) < 4.78 is 25.2. The molecule has 0 aromatic rings. The Bertz CT molecular complexity index is 349. The number of nitrogens with one attached hydrogen (secondary N) is 1. The molecule has 5 nitrogen and oxygen atoms in total. The number of urea groups is 1. The second kappa shape index (κ2) is 7.04. The van der Waals surface area contributed by atoms with E-state index in [1.54, 1.807) is 13.8 Å². The van der Waals surface area contributed by atoms with Crippen LogP contribution in [0.25, 0.3) is 0 Å². The van der Waals surface area contributed by atoms with Crippen molar-refractivity contribution in [2.45, 2.75) is 13.8 Å². The Labute approximate surface area is 112 Å². The Balaban J connectivity index is 4.85. The van der Waals surface area contributed by atoms with Gasteiger partial charge in [0.2, 0.25) is 7.29 Å². The zero-order valence-electron chi connectivity index (χ0n) is 10.2. The number of alkyl halides is 2. The van der Waals surface area contributed by atoms with E-state index in [0.29, 0.717) is 12.3 Å². The second-order valence-corrected chi connectivity index (χ2v) is 11.0. The van der Waals surface area contributed by atoms with Crippen LogP contribution >= 0.6 is 37.8 Å². The summed E-state index contributed by atoms with van der Waals surface area (Å²) in [5.74, 6) is 0. The molecule has 9 heteroatoms. The molecule has 0 aliphatic carbocycles.